The standard InChI is InChI=1S/C22H25N5OS/c1-23-22(24-13-16-9-11-18(12-10-16)21(28)27(2)3)25-14-19-15-29-20(26-19)17-7-5-4-6-8-17/h4-12,15H,13-14H2,1-3H3,(H2,23,24,25). The smallest absolute Gasteiger partial charge is 0.253 e. The summed E-state index contributed by atoms with van der Waals surface area (Å²) < 4.78 is 0. The van der Waals surface area contributed by atoms with Gasteiger partial charge in [0.05, 0.1) is 12.2 Å². The Hall–Kier alpha value is -3.19. The minimum atomic E-state index is 0.000112. The predicted molar refractivity (Wildman–Crippen MR) is 119 cm³/mol. The van der Waals surface area contributed by atoms with Crippen molar-refractivity contribution in [3.8, 4) is 10.6 Å². The lowest BCUT2D eigenvalue weighted by atomic mass is 10.1. The van der Waals surface area contributed by atoms with E-state index >= 15 is 0 Å². The van der Waals surface area contributed by atoms with Crippen molar-refractivity contribution >= 4 is 23.2 Å². The molecule has 2 aromatic carbocycles. The first-order valence-electron chi connectivity index (χ1n) is 9.31. The minimum Gasteiger partial charge on any atom is -0.352 e. The molecule has 150 valence electrons. The highest BCUT2D eigenvalue weighted by Crippen LogP contribution is 2.23. The van der Waals surface area contributed by atoms with Gasteiger partial charge in [0.25, 0.3) is 5.91 Å². The van der Waals surface area contributed by atoms with Gasteiger partial charge in [-0.05, 0) is 17.7 Å². The zero-order valence-corrected chi connectivity index (χ0v) is 17.7. The maximum atomic E-state index is 12.0. The highest BCUT2D eigenvalue weighted by molar-refractivity contribution is 7.13. The fraction of sp³-hybridized carbons (Fsp3) is 0.227. The first-order chi connectivity index (χ1) is 14.1. The van der Waals surface area contributed by atoms with Crippen LogP contribution in [0.4, 0.5) is 0 Å². The molecule has 1 heterocycles. The van der Waals surface area contributed by atoms with E-state index in [0.29, 0.717) is 24.6 Å². The van der Waals surface area contributed by atoms with E-state index in [0.717, 1.165) is 21.8 Å². The second kappa shape index (κ2) is 9.84. The van der Waals surface area contributed by atoms with Gasteiger partial charge in [0.2, 0.25) is 0 Å². The summed E-state index contributed by atoms with van der Waals surface area (Å²) in [5.41, 5.74) is 3.85. The van der Waals surface area contributed by atoms with E-state index in [2.05, 4.69) is 38.1 Å². The fourth-order valence-corrected chi connectivity index (χ4v) is 3.53. The van der Waals surface area contributed by atoms with E-state index in [1.807, 2.05) is 42.5 Å². The van der Waals surface area contributed by atoms with Crippen LogP contribution in [0.1, 0.15) is 21.6 Å². The number of carbonyl (C=O) groups is 1. The lowest BCUT2D eigenvalue weighted by Crippen LogP contribution is -2.36. The molecule has 0 saturated carbocycles. The molecule has 0 aliphatic heterocycles. The molecule has 3 aromatic rings. The number of nitrogens with zero attached hydrogens (tertiary/aromatic N) is 3. The Balaban J connectivity index is 1.51. The Labute approximate surface area is 175 Å². The summed E-state index contributed by atoms with van der Waals surface area (Å²) in [7, 11) is 5.24. The Bertz CT molecular complexity index is 964. The molecule has 7 heteroatoms. The van der Waals surface area contributed by atoms with E-state index in [9.17, 15) is 4.79 Å². The van der Waals surface area contributed by atoms with Crippen LogP contribution in [0.25, 0.3) is 10.6 Å². The van der Waals surface area contributed by atoms with Crippen LogP contribution in [-0.4, -0.2) is 42.9 Å². The number of nitrogens with one attached hydrogen (secondary N) is 2. The molecule has 0 aliphatic rings. The second-order valence-corrected chi connectivity index (χ2v) is 7.54. The van der Waals surface area contributed by atoms with Crippen LogP contribution in [0.2, 0.25) is 0 Å². The van der Waals surface area contributed by atoms with E-state index in [-0.39, 0.29) is 5.91 Å². The quantitative estimate of drug-likeness (QED) is 0.486. The molecular formula is C22H25N5OS. The summed E-state index contributed by atoms with van der Waals surface area (Å²) in [5, 5.41) is 9.64. The molecule has 0 bridgehead atoms. The molecule has 0 unspecified atom stereocenters. The van der Waals surface area contributed by atoms with Crippen LogP contribution in [0, 0.1) is 0 Å². The van der Waals surface area contributed by atoms with Crippen LogP contribution in [0.5, 0.6) is 0 Å². The van der Waals surface area contributed by atoms with E-state index in [4.69, 9.17) is 0 Å². The Kier molecular flexibility index (Phi) is 6.97. The molecule has 3 rings (SSSR count). The zero-order valence-electron chi connectivity index (χ0n) is 16.8. The normalized spacial score (nSPS) is 11.2. The molecule has 0 saturated heterocycles. The molecule has 0 radical (unpaired) electrons. The van der Waals surface area contributed by atoms with E-state index < -0.39 is 0 Å². The molecule has 6 nitrogen and oxygen atoms in total. The maximum absolute atomic E-state index is 12.0. The van der Waals surface area contributed by atoms with Crippen molar-refractivity contribution in [1.82, 2.24) is 20.5 Å². The number of aromatic nitrogens is 1. The number of thiazole rings is 1. The minimum absolute atomic E-state index is 0.000112. The van der Waals surface area contributed by atoms with Crippen molar-refractivity contribution in [3.63, 3.8) is 0 Å². The van der Waals surface area contributed by atoms with Crippen LogP contribution in [-0.2, 0) is 13.1 Å². The molecule has 2 N–H and O–H groups in total. The second-order valence-electron chi connectivity index (χ2n) is 6.69. The van der Waals surface area contributed by atoms with Gasteiger partial charge in [0, 0.05) is 44.2 Å². The van der Waals surface area contributed by atoms with Crippen molar-refractivity contribution in [3.05, 3.63) is 76.8 Å². The van der Waals surface area contributed by atoms with Gasteiger partial charge in [-0.25, -0.2) is 4.98 Å². The summed E-state index contributed by atoms with van der Waals surface area (Å²) in [5.74, 6) is 0.702. The maximum Gasteiger partial charge on any atom is 0.253 e. The Morgan fingerprint density at radius 3 is 2.38 bits per heavy atom. The van der Waals surface area contributed by atoms with Crippen LogP contribution in [0.15, 0.2) is 65.0 Å². The molecule has 0 aliphatic carbocycles. The monoisotopic (exact) mass is 407 g/mol. The molecular weight excluding hydrogens is 382 g/mol. The van der Waals surface area contributed by atoms with Crippen molar-refractivity contribution in [2.75, 3.05) is 21.1 Å². The first kappa shape index (κ1) is 20.5. The van der Waals surface area contributed by atoms with Gasteiger partial charge in [-0.3, -0.25) is 9.79 Å². The number of guanidine groups is 1. The van der Waals surface area contributed by atoms with Crippen molar-refractivity contribution in [2.24, 2.45) is 4.99 Å². The van der Waals surface area contributed by atoms with Crippen LogP contribution in [0.3, 0.4) is 0 Å². The molecule has 0 spiro atoms. The summed E-state index contributed by atoms with van der Waals surface area (Å²) in [6.07, 6.45) is 0. The summed E-state index contributed by atoms with van der Waals surface area (Å²) in [6, 6.07) is 17.7. The number of carbonyl (C=O) groups excluding carboxylic acids is 1. The Morgan fingerprint density at radius 1 is 1.03 bits per heavy atom. The number of amides is 1. The highest BCUT2D eigenvalue weighted by atomic mass is 32.1. The largest absolute Gasteiger partial charge is 0.352 e. The van der Waals surface area contributed by atoms with Crippen molar-refractivity contribution in [2.45, 2.75) is 13.1 Å². The molecule has 0 atom stereocenters. The van der Waals surface area contributed by atoms with Gasteiger partial charge in [0.1, 0.15) is 5.01 Å². The molecule has 29 heavy (non-hydrogen) atoms. The number of aliphatic imine (C=N–C) groups is 1. The van der Waals surface area contributed by atoms with Gasteiger partial charge < -0.3 is 15.5 Å². The lowest BCUT2D eigenvalue weighted by molar-refractivity contribution is 0.0827. The van der Waals surface area contributed by atoms with Crippen molar-refractivity contribution in [1.29, 1.82) is 0 Å². The third-order valence-electron chi connectivity index (χ3n) is 4.30. The topological polar surface area (TPSA) is 69.6 Å². The Morgan fingerprint density at radius 2 is 1.72 bits per heavy atom. The van der Waals surface area contributed by atoms with Gasteiger partial charge in [0.15, 0.2) is 5.96 Å². The molecule has 0 fully saturated rings. The first-order valence-corrected chi connectivity index (χ1v) is 10.2. The SMILES string of the molecule is CN=C(NCc1ccc(C(=O)N(C)C)cc1)NCc1csc(-c2ccccc2)n1. The summed E-state index contributed by atoms with van der Waals surface area (Å²) >= 11 is 1.64. The van der Waals surface area contributed by atoms with Crippen LogP contribution < -0.4 is 10.6 Å². The third kappa shape index (κ3) is 5.65. The third-order valence-corrected chi connectivity index (χ3v) is 5.24. The van der Waals surface area contributed by atoms with Gasteiger partial charge in [-0.1, -0.05) is 42.5 Å². The average molecular weight is 408 g/mol. The number of benzene rings is 2. The predicted octanol–water partition coefficient (Wildman–Crippen LogP) is 3.38. The highest BCUT2D eigenvalue weighted by Gasteiger charge is 2.08. The summed E-state index contributed by atoms with van der Waals surface area (Å²) in [6.45, 7) is 1.21. The van der Waals surface area contributed by atoms with Crippen molar-refractivity contribution < 1.29 is 4.79 Å². The van der Waals surface area contributed by atoms with Gasteiger partial charge in [-0.15, -0.1) is 11.3 Å². The molecule has 1 aromatic heterocycles. The van der Waals surface area contributed by atoms with Gasteiger partial charge in [-0.2, -0.15) is 0 Å². The lowest BCUT2D eigenvalue weighted by Gasteiger charge is -2.12. The summed E-state index contributed by atoms with van der Waals surface area (Å²) in [4.78, 5) is 22.5. The molecule has 1 amide bonds. The fourth-order valence-electron chi connectivity index (χ4n) is 2.71. The average Bonchev–Trinajstić information content (AvgIpc) is 3.23. The number of hydrogen-bond acceptors (Lipinski definition) is 4. The number of rotatable bonds is 6. The van der Waals surface area contributed by atoms with Crippen LogP contribution >= 0.6 is 11.3 Å². The number of hydrogen-bond donors (Lipinski definition) is 2. The zero-order chi connectivity index (χ0) is 20.6. The van der Waals surface area contributed by atoms with E-state index in [1.165, 1.54) is 0 Å². The van der Waals surface area contributed by atoms with Gasteiger partial charge >= 0.3 is 0 Å². The van der Waals surface area contributed by atoms with E-state index in [1.54, 1.807) is 37.4 Å².